The SMILES string of the molecule is CCCCCCCCCCOc1csc(C(=O)OC2C(O)C(O)C(O)C(OC(=O)c3cc(OCCCCCCCCCC)cs3)C2OC(=O)c2cc(OCCCCCCCCCC)cs2)c1. The lowest BCUT2D eigenvalue weighted by Gasteiger charge is -2.43. The summed E-state index contributed by atoms with van der Waals surface area (Å²) in [6, 6.07) is 4.59. The molecule has 372 valence electrons. The largest absolute Gasteiger partial charge is 0.493 e. The number of thiophene rings is 3. The van der Waals surface area contributed by atoms with Crippen LogP contribution in [0.25, 0.3) is 0 Å². The highest BCUT2D eigenvalue weighted by Gasteiger charge is 2.55. The number of rotatable bonds is 36. The van der Waals surface area contributed by atoms with Gasteiger partial charge in [0.25, 0.3) is 0 Å². The predicted octanol–water partition coefficient (Wildman–Crippen LogP) is 12.5. The van der Waals surface area contributed by atoms with Gasteiger partial charge >= 0.3 is 17.9 Å². The number of esters is 3. The van der Waals surface area contributed by atoms with Crippen molar-refractivity contribution in [3.05, 3.63) is 49.0 Å². The summed E-state index contributed by atoms with van der Waals surface area (Å²) in [5.74, 6) is -1.20. The number of carbonyl (C=O) groups excluding carboxylic acids is 3. The molecule has 0 radical (unpaired) electrons. The summed E-state index contributed by atoms with van der Waals surface area (Å²) in [6.45, 7) is 8.08. The molecule has 4 rings (SSSR count). The molecule has 3 aromatic rings. The molecule has 12 nitrogen and oxygen atoms in total. The molecule has 0 aromatic carbocycles. The monoisotopic (exact) mass is 978 g/mol. The van der Waals surface area contributed by atoms with Gasteiger partial charge in [0.2, 0.25) is 0 Å². The summed E-state index contributed by atoms with van der Waals surface area (Å²) >= 11 is 3.22. The Labute approximate surface area is 405 Å². The zero-order valence-electron chi connectivity index (χ0n) is 39.8. The van der Waals surface area contributed by atoms with Gasteiger partial charge in [0.05, 0.1) is 19.8 Å². The maximum absolute atomic E-state index is 13.8. The number of unbranched alkanes of at least 4 members (excludes halogenated alkanes) is 21. The summed E-state index contributed by atoms with van der Waals surface area (Å²) < 4.78 is 35.2. The first kappa shape index (κ1) is 55.4. The lowest BCUT2D eigenvalue weighted by molar-refractivity contribution is -0.223. The highest BCUT2D eigenvalue weighted by Crippen LogP contribution is 2.34. The predicted molar refractivity (Wildman–Crippen MR) is 263 cm³/mol. The molecule has 3 N–H and O–H groups in total. The summed E-state index contributed by atoms with van der Waals surface area (Å²) in [6.07, 6.45) is 16.8. The summed E-state index contributed by atoms with van der Waals surface area (Å²) in [5.41, 5.74) is 0. The average Bonchev–Trinajstić information content (AvgIpc) is 4.12. The second kappa shape index (κ2) is 32.5. The van der Waals surface area contributed by atoms with E-state index in [-0.39, 0.29) is 14.6 Å². The van der Waals surface area contributed by atoms with Crippen molar-refractivity contribution in [3.63, 3.8) is 0 Å². The Bertz CT molecular complexity index is 1680. The van der Waals surface area contributed by atoms with Crippen LogP contribution in [0.2, 0.25) is 0 Å². The maximum Gasteiger partial charge on any atom is 0.348 e. The molecule has 66 heavy (non-hydrogen) atoms. The second-order valence-electron chi connectivity index (χ2n) is 17.5. The van der Waals surface area contributed by atoms with Crippen LogP contribution in [0, 0.1) is 0 Å². The van der Waals surface area contributed by atoms with Crippen molar-refractivity contribution in [2.24, 2.45) is 0 Å². The fraction of sp³-hybridized carbons (Fsp3) is 0.706. The van der Waals surface area contributed by atoms with E-state index in [4.69, 9.17) is 28.4 Å². The molecule has 3 heterocycles. The van der Waals surface area contributed by atoms with Crippen LogP contribution in [0.1, 0.15) is 204 Å². The lowest BCUT2D eigenvalue weighted by Crippen LogP contribution is -2.66. The van der Waals surface area contributed by atoms with Gasteiger partial charge in [0, 0.05) is 34.3 Å². The number of ether oxygens (including phenoxy) is 6. The van der Waals surface area contributed by atoms with Gasteiger partial charge in [-0.3, -0.25) is 0 Å². The number of hydrogen-bond donors (Lipinski definition) is 3. The van der Waals surface area contributed by atoms with Crippen LogP contribution in [-0.2, 0) is 14.2 Å². The van der Waals surface area contributed by atoms with Gasteiger partial charge in [-0.2, -0.15) is 0 Å². The van der Waals surface area contributed by atoms with Crippen LogP contribution in [0.15, 0.2) is 34.3 Å². The van der Waals surface area contributed by atoms with Gasteiger partial charge in [-0.25, -0.2) is 14.4 Å². The molecule has 15 heteroatoms. The fourth-order valence-corrected chi connectivity index (χ4v) is 10.0. The van der Waals surface area contributed by atoms with E-state index in [0.29, 0.717) is 37.1 Å². The first-order valence-corrected chi connectivity index (χ1v) is 27.6. The Hall–Kier alpha value is -3.21. The molecule has 1 aliphatic rings. The summed E-state index contributed by atoms with van der Waals surface area (Å²) in [7, 11) is 0. The molecule has 4 atom stereocenters. The van der Waals surface area contributed by atoms with Gasteiger partial charge < -0.3 is 43.7 Å². The average molecular weight is 979 g/mol. The van der Waals surface area contributed by atoms with Crippen molar-refractivity contribution in [1.29, 1.82) is 0 Å². The molecule has 0 spiro atoms. The topological polar surface area (TPSA) is 167 Å². The van der Waals surface area contributed by atoms with E-state index in [9.17, 15) is 29.7 Å². The van der Waals surface area contributed by atoms with Crippen molar-refractivity contribution in [3.8, 4) is 17.2 Å². The van der Waals surface area contributed by atoms with Gasteiger partial charge in [-0.05, 0) is 19.3 Å². The first-order valence-electron chi connectivity index (χ1n) is 25.0. The minimum atomic E-state index is -1.93. The minimum absolute atomic E-state index is 0.138. The molecule has 3 aromatic heterocycles. The Kier molecular flexibility index (Phi) is 27.3. The maximum atomic E-state index is 13.8. The van der Waals surface area contributed by atoms with Crippen molar-refractivity contribution >= 4 is 51.9 Å². The Morgan fingerprint density at radius 2 is 0.652 bits per heavy atom. The quantitative estimate of drug-likeness (QED) is 0.0287. The molecule has 0 bridgehead atoms. The third kappa shape index (κ3) is 19.8. The van der Waals surface area contributed by atoms with Gasteiger partial charge in [-0.15, -0.1) is 34.0 Å². The van der Waals surface area contributed by atoms with Crippen LogP contribution in [0.5, 0.6) is 17.2 Å². The highest BCUT2D eigenvalue weighted by molar-refractivity contribution is 7.12. The molecular weight excluding hydrogens is 901 g/mol. The van der Waals surface area contributed by atoms with Crippen molar-refractivity contribution in [2.75, 3.05) is 19.8 Å². The van der Waals surface area contributed by atoms with Crippen molar-refractivity contribution < 1.29 is 58.1 Å². The van der Waals surface area contributed by atoms with Crippen molar-refractivity contribution in [2.45, 2.75) is 211 Å². The van der Waals surface area contributed by atoms with E-state index >= 15 is 0 Å². The van der Waals surface area contributed by atoms with Crippen molar-refractivity contribution in [1.82, 2.24) is 0 Å². The summed E-state index contributed by atoms with van der Waals surface area (Å²) in [5, 5.41) is 38.7. The fourth-order valence-electron chi connectivity index (χ4n) is 7.90. The van der Waals surface area contributed by atoms with E-state index in [2.05, 4.69) is 20.8 Å². The number of hydrogen-bond acceptors (Lipinski definition) is 15. The van der Waals surface area contributed by atoms with Gasteiger partial charge in [0.15, 0.2) is 18.3 Å². The minimum Gasteiger partial charge on any atom is -0.493 e. The molecule has 4 unspecified atom stereocenters. The molecule has 0 amide bonds. The Morgan fingerprint density at radius 3 is 0.939 bits per heavy atom. The Balaban J connectivity index is 1.41. The highest BCUT2D eigenvalue weighted by atomic mass is 32.1. The second-order valence-corrected chi connectivity index (χ2v) is 20.2. The van der Waals surface area contributed by atoms with E-state index < -0.39 is 54.5 Å². The molecule has 1 saturated carbocycles. The zero-order valence-corrected chi connectivity index (χ0v) is 42.2. The molecule has 0 aliphatic heterocycles. The van der Waals surface area contributed by atoms with Gasteiger partial charge in [0.1, 0.15) is 50.2 Å². The smallest absolute Gasteiger partial charge is 0.348 e. The van der Waals surface area contributed by atoms with Crippen LogP contribution in [-0.4, -0.2) is 89.7 Å². The Morgan fingerprint density at radius 1 is 0.394 bits per heavy atom. The lowest BCUT2D eigenvalue weighted by atomic mass is 9.84. The number of aliphatic hydroxyl groups excluding tert-OH is 3. The number of carbonyl (C=O) groups is 3. The molecule has 0 saturated heterocycles. The first-order chi connectivity index (χ1) is 32.2. The normalized spacial score (nSPS) is 19.4. The zero-order chi connectivity index (χ0) is 47.4. The van der Waals surface area contributed by atoms with Crippen LogP contribution < -0.4 is 14.2 Å². The van der Waals surface area contributed by atoms with E-state index in [0.717, 1.165) is 91.8 Å². The number of aliphatic hydroxyl groups is 3. The third-order valence-electron chi connectivity index (χ3n) is 11.9. The van der Waals surface area contributed by atoms with Crippen LogP contribution in [0.4, 0.5) is 0 Å². The van der Waals surface area contributed by atoms with Crippen LogP contribution >= 0.6 is 34.0 Å². The van der Waals surface area contributed by atoms with Crippen LogP contribution in [0.3, 0.4) is 0 Å². The molecule has 1 aliphatic carbocycles. The molecular formula is C51H78O12S3. The summed E-state index contributed by atoms with van der Waals surface area (Å²) in [4.78, 5) is 41.6. The van der Waals surface area contributed by atoms with E-state index in [1.807, 2.05) is 0 Å². The standard InChI is InChI=1S/C51H78O12S3/c1-4-7-10-13-16-19-22-25-28-58-37-31-40(64-34-37)49(55)61-46-44(53)43(52)45(54)47(62-50(56)41-32-38(35-65-41)59-29-26-23-20-17-14-11-8-5-2)48(46)63-51(57)42-33-39(36-66-42)60-30-27-24-21-18-15-12-9-6-3/h31-36,43-48,52-54H,4-30H2,1-3H3. The van der Waals surface area contributed by atoms with Gasteiger partial charge in [-0.1, -0.05) is 156 Å². The van der Waals surface area contributed by atoms with E-state index in [1.165, 1.54) is 115 Å². The molecule has 1 fully saturated rings. The van der Waals surface area contributed by atoms with E-state index in [1.54, 1.807) is 16.1 Å². The third-order valence-corrected chi connectivity index (χ3v) is 14.5.